The van der Waals surface area contributed by atoms with Gasteiger partial charge in [-0.2, -0.15) is 0 Å². The summed E-state index contributed by atoms with van der Waals surface area (Å²) < 4.78 is 0. The third-order valence-corrected chi connectivity index (χ3v) is 4.32. The largest absolute Gasteiger partial charge is 0.391 e. The van der Waals surface area contributed by atoms with Crippen molar-refractivity contribution in [3.8, 4) is 0 Å². The first kappa shape index (κ1) is 14.1. The second-order valence-corrected chi connectivity index (χ2v) is 6.01. The number of β-amino-alcohol motifs (C(OH)–C–C–N with tert-alkyl or cyclic N) is 1. The molecule has 3 nitrogen and oxygen atoms in total. The molecule has 3 heteroatoms. The summed E-state index contributed by atoms with van der Waals surface area (Å²) in [7, 11) is 0. The summed E-state index contributed by atoms with van der Waals surface area (Å²) in [5.41, 5.74) is 1.50. The van der Waals surface area contributed by atoms with E-state index >= 15 is 0 Å². The van der Waals surface area contributed by atoms with Crippen molar-refractivity contribution in [1.82, 2.24) is 0 Å². The lowest BCUT2D eigenvalue weighted by Crippen LogP contribution is -2.42. The highest BCUT2D eigenvalue weighted by molar-refractivity contribution is 6.07. The Morgan fingerprint density at radius 1 is 1.32 bits per heavy atom. The fraction of sp³-hybridized carbons (Fsp3) is 0.562. The number of hydrogen-bond acceptors (Lipinski definition) is 2. The molecule has 1 heterocycles. The maximum absolute atomic E-state index is 12.5. The van der Waals surface area contributed by atoms with Crippen LogP contribution in [0.3, 0.4) is 0 Å². The first-order valence-electron chi connectivity index (χ1n) is 6.99. The Morgan fingerprint density at radius 2 is 1.95 bits per heavy atom. The molecule has 1 aliphatic heterocycles. The van der Waals surface area contributed by atoms with Crippen LogP contribution in [0.5, 0.6) is 0 Å². The van der Waals surface area contributed by atoms with Gasteiger partial charge in [0.1, 0.15) is 0 Å². The standard InChI is InChI=1S/C16H23NO2/c1-5-11(2)14(18)10-17-13-9-7-6-8-12(13)16(3,4)15(17)19/h6-9,11,14,18H,5,10H2,1-4H3. The molecule has 0 aromatic heterocycles. The second-order valence-electron chi connectivity index (χ2n) is 6.01. The monoisotopic (exact) mass is 261 g/mol. The van der Waals surface area contributed by atoms with E-state index in [1.165, 1.54) is 0 Å². The van der Waals surface area contributed by atoms with Gasteiger partial charge in [0, 0.05) is 5.69 Å². The minimum absolute atomic E-state index is 0.0797. The molecule has 0 aliphatic carbocycles. The van der Waals surface area contributed by atoms with Crippen LogP contribution < -0.4 is 4.90 Å². The summed E-state index contributed by atoms with van der Waals surface area (Å²) in [6, 6.07) is 7.87. The second kappa shape index (κ2) is 4.97. The Bertz CT molecular complexity index is 481. The van der Waals surface area contributed by atoms with Gasteiger partial charge in [-0.1, -0.05) is 38.5 Å². The Morgan fingerprint density at radius 3 is 2.58 bits per heavy atom. The number of nitrogens with zero attached hydrogens (tertiary/aromatic N) is 1. The van der Waals surface area contributed by atoms with Gasteiger partial charge in [-0.15, -0.1) is 0 Å². The van der Waals surface area contributed by atoms with Crippen molar-refractivity contribution in [1.29, 1.82) is 0 Å². The van der Waals surface area contributed by atoms with E-state index in [-0.39, 0.29) is 11.8 Å². The van der Waals surface area contributed by atoms with E-state index in [2.05, 4.69) is 6.92 Å². The molecule has 0 saturated carbocycles. The Balaban J connectivity index is 2.30. The van der Waals surface area contributed by atoms with Crippen LogP contribution in [0.15, 0.2) is 24.3 Å². The van der Waals surface area contributed by atoms with Crippen LogP contribution >= 0.6 is 0 Å². The number of benzene rings is 1. The van der Waals surface area contributed by atoms with Gasteiger partial charge < -0.3 is 10.0 Å². The van der Waals surface area contributed by atoms with Crippen molar-refractivity contribution in [2.24, 2.45) is 5.92 Å². The Hall–Kier alpha value is -1.35. The molecule has 1 aromatic carbocycles. The summed E-state index contributed by atoms with van der Waals surface area (Å²) in [6.07, 6.45) is 0.435. The van der Waals surface area contributed by atoms with Crippen LogP contribution in [-0.4, -0.2) is 23.7 Å². The van der Waals surface area contributed by atoms with Crippen molar-refractivity contribution in [3.05, 3.63) is 29.8 Å². The Labute approximate surface area is 115 Å². The third kappa shape index (κ3) is 2.27. The minimum Gasteiger partial charge on any atom is -0.391 e. The van der Waals surface area contributed by atoms with Crippen molar-refractivity contribution in [2.45, 2.75) is 45.6 Å². The van der Waals surface area contributed by atoms with Crippen LogP contribution in [0.1, 0.15) is 39.7 Å². The first-order chi connectivity index (χ1) is 8.89. The molecule has 1 amide bonds. The lowest BCUT2D eigenvalue weighted by Gasteiger charge is -2.26. The highest BCUT2D eigenvalue weighted by Gasteiger charge is 2.44. The van der Waals surface area contributed by atoms with Gasteiger partial charge in [-0.05, 0) is 31.4 Å². The van der Waals surface area contributed by atoms with Crippen molar-refractivity contribution < 1.29 is 9.90 Å². The average molecular weight is 261 g/mol. The van der Waals surface area contributed by atoms with Gasteiger partial charge in [0.15, 0.2) is 0 Å². The van der Waals surface area contributed by atoms with Crippen LogP contribution in [0, 0.1) is 5.92 Å². The number of aliphatic hydroxyl groups excluding tert-OH is 1. The van der Waals surface area contributed by atoms with Crippen LogP contribution in [-0.2, 0) is 10.2 Å². The summed E-state index contributed by atoms with van der Waals surface area (Å²) in [4.78, 5) is 14.3. The molecule has 1 aromatic rings. The number of amides is 1. The van der Waals surface area contributed by atoms with E-state index in [1.54, 1.807) is 4.90 Å². The normalized spacial score (nSPS) is 20.3. The van der Waals surface area contributed by atoms with E-state index in [0.717, 1.165) is 17.7 Å². The van der Waals surface area contributed by atoms with Crippen molar-refractivity contribution in [2.75, 3.05) is 11.4 Å². The molecular weight excluding hydrogens is 238 g/mol. The van der Waals surface area contributed by atoms with E-state index < -0.39 is 11.5 Å². The molecule has 19 heavy (non-hydrogen) atoms. The molecule has 2 atom stereocenters. The minimum atomic E-state index is -0.494. The number of anilines is 1. The summed E-state index contributed by atoms with van der Waals surface area (Å²) >= 11 is 0. The predicted molar refractivity (Wildman–Crippen MR) is 77.3 cm³/mol. The number of hydrogen-bond donors (Lipinski definition) is 1. The van der Waals surface area contributed by atoms with Crippen molar-refractivity contribution >= 4 is 11.6 Å². The maximum Gasteiger partial charge on any atom is 0.237 e. The molecule has 0 spiro atoms. The number of carbonyl (C=O) groups excluding carboxylic acids is 1. The smallest absolute Gasteiger partial charge is 0.237 e. The van der Waals surface area contributed by atoms with Crippen LogP contribution in [0.25, 0.3) is 0 Å². The topological polar surface area (TPSA) is 40.5 Å². The highest BCUT2D eigenvalue weighted by atomic mass is 16.3. The van der Waals surface area contributed by atoms with E-state index in [1.807, 2.05) is 45.0 Å². The lowest BCUT2D eigenvalue weighted by atomic mass is 9.86. The van der Waals surface area contributed by atoms with Gasteiger partial charge in [-0.3, -0.25) is 4.79 Å². The zero-order valence-electron chi connectivity index (χ0n) is 12.2. The molecule has 2 rings (SSSR count). The first-order valence-corrected chi connectivity index (χ1v) is 6.99. The number of aliphatic hydroxyl groups is 1. The molecule has 2 unspecified atom stereocenters. The number of para-hydroxylation sites is 1. The molecule has 0 radical (unpaired) electrons. The van der Waals surface area contributed by atoms with Crippen molar-refractivity contribution in [3.63, 3.8) is 0 Å². The quantitative estimate of drug-likeness (QED) is 0.905. The fourth-order valence-corrected chi connectivity index (χ4v) is 2.62. The van der Waals surface area contributed by atoms with Gasteiger partial charge in [0.25, 0.3) is 0 Å². The molecule has 0 fully saturated rings. The highest BCUT2D eigenvalue weighted by Crippen LogP contribution is 2.41. The lowest BCUT2D eigenvalue weighted by molar-refractivity contribution is -0.122. The van der Waals surface area contributed by atoms with E-state index in [4.69, 9.17) is 0 Å². The molecule has 1 aliphatic rings. The number of fused-ring (bicyclic) bond motifs is 1. The summed E-state index contributed by atoms with van der Waals surface area (Å²) in [6.45, 7) is 8.35. The van der Waals surface area contributed by atoms with Gasteiger partial charge >= 0.3 is 0 Å². The molecule has 0 bridgehead atoms. The molecular formula is C16H23NO2. The van der Waals surface area contributed by atoms with E-state index in [9.17, 15) is 9.90 Å². The van der Waals surface area contributed by atoms with Gasteiger partial charge in [0.05, 0.1) is 18.1 Å². The Kier molecular flexibility index (Phi) is 3.68. The fourth-order valence-electron chi connectivity index (χ4n) is 2.62. The summed E-state index contributed by atoms with van der Waals surface area (Å²) in [5, 5.41) is 10.2. The van der Waals surface area contributed by atoms with Gasteiger partial charge in [0.2, 0.25) is 5.91 Å². The maximum atomic E-state index is 12.5. The number of rotatable bonds is 4. The zero-order valence-corrected chi connectivity index (χ0v) is 12.2. The molecule has 104 valence electrons. The zero-order chi connectivity index (χ0) is 14.2. The SMILES string of the molecule is CCC(C)C(O)CN1C(=O)C(C)(C)c2ccccc21. The number of carbonyl (C=O) groups is 1. The summed E-state index contributed by atoms with van der Waals surface area (Å²) in [5.74, 6) is 0.278. The van der Waals surface area contributed by atoms with E-state index in [0.29, 0.717) is 6.54 Å². The van der Waals surface area contributed by atoms with Crippen LogP contribution in [0.4, 0.5) is 5.69 Å². The molecule has 0 saturated heterocycles. The average Bonchev–Trinajstić information content (AvgIpc) is 2.59. The van der Waals surface area contributed by atoms with Crippen LogP contribution in [0.2, 0.25) is 0 Å². The third-order valence-electron chi connectivity index (χ3n) is 4.32. The molecule has 1 N–H and O–H groups in total. The van der Waals surface area contributed by atoms with Gasteiger partial charge in [-0.25, -0.2) is 0 Å². The predicted octanol–water partition coefficient (Wildman–Crippen LogP) is 2.72.